The van der Waals surface area contributed by atoms with E-state index in [2.05, 4.69) is 30.4 Å². The molecule has 3 nitrogen and oxygen atoms in total. The molecule has 1 atom stereocenters. The number of hydrogen-bond acceptors (Lipinski definition) is 3. The largest absolute Gasteiger partial charge is 0.348 e. The molecule has 104 valence electrons. The molecule has 1 unspecified atom stereocenters. The predicted octanol–water partition coefficient (Wildman–Crippen LogP) is 2.76. The lowest BCUT2D eigenvalue weighted by Crippen LogP contribution is -2.30. The molecule has 1 aromatic carbocycles. The minimum absolute atomic E-state index is 0.0317. The zero-order chi connectivity index (χ0) is 13.1. The highest BCUT2D eigenvalue weighted by Crippen LogP contribution is 2.25. The number of benzene rings is 1. The van der Waals surface area contributed by atoms with Crippen molar-refractivity contribution in [2.45, 2.75) is 45.7 Å². The van der Waals surface area contributed by atoms with E-state index in [4.69, 9.17) is 9.47 Å². The maximum Gasteiger partial charge on any atom is 0.158 e. The van der Waals surface area contributed by atoms with Gasteiger partial charge in [0.15, 0.2) is 6.29 Å². The van der Waals surface area contributed by atoms with E-state index in [0.717, 1.165) is 25.4 Å². The highest BCUT2D eigenvalue weighted by molar-refractivity contribution is 5.30. The molecule has 1 fully saturated rings. The maximum absolute atomic E-state index is 5.94. The Morgan fingerprint density at radius 2 is 1.84 bits per heavy atom. The van der Waals surface area contributed by atoms with Gasteiger partial charge in [0.05, 0.1) is 13.2 Å². The first kappa shape index (κ1) is 13.1. The Hall–Kier alpha value is -0.900. The summed E-state index contributed by atoms with van der Waals surface area (Å²) >= 11 is 0. The Kier molecular flexibility index (Phi) is 4.16. The van der Waals surface area contributed by atoms with Crippen molar-refractivity contribution in [1.29, 1.82) is 0 Å². The number of piperidine rings is 1. The van der Waals surface area contributed by atoms with E-state index in [1.54, 1.807) is 0 Å². The molecule has 0 saturated carbocycles. The van der Waals surface area contributed by atoms with Crippen LogP contribution in [0.2, 0.25) is 0 Å². The lowest BCUT2D eigenvalue weighted by atomic mass is 9.94. The molecule has 2 aliphatic rings. The highest BCUT2D eigenvalue weighted by atomic mass is 16.7. The quantitative estimate of drug-likeness (QED) is 0.888. The van der Waals surface area contributed by atoms with Gasteiger partial charge in [-0.1, -0.05) is 23.8 Å². The van der Waals surface area contributed by atoms with Gasteiger partial charge in [0, 0.05) is 6.42 Å². The van der Waals surface area contributed by atoms with Crippen molar-refractivity contribution < 1.29 is 9.47 Å². The number of fused-ring (bicyclic) bond motifs is 1. The van der Waals surface area contributed by atoms with Gasteiger partial charge in [0.25, 0.3) is 0 Å². The molecule has 0 aromatic heterocycles. The van der Waals surface area contributed by atoms with Crippen LogP contribution in [0.3, 0.4) is 0 Å². The van der Waals surface area contributed by atoms with Crippen LogP contribution >= 0.6 is 0 Å². The number of nitrogens with one attached hydrogen (secondary N) is 1. The average Bonchev–Trinajstić information content (AvgIpc) is 2.63. The predicted molar refractivity (Wildman–Crippen MR) is 74.8 cm³/mol. The van der Waals surface area contributed by atoms with Gasteiger partial charge in [0.2, 0.25) is 0 Å². The standard InChI is InChI=1S/C16H23NO2/c1-12-2-3-14-10-18-16(19-11-15(14)8-12)9-13-4-6-17-7-5-13/h2-3,8,13,16-17H,4-7,9-11H2,1H3. The molecule has 0 aliphatic carbocycles. The summed E-state index contributed by atoms with van der Waals surface area (Å²) in [5, 5.41) is 3.40. The molecule has 0 radical (unpaired) electrons. The minimum Gasteiger partial charge on any atom is -0.348 e. The molecule has 1 aromatic rings. The van der Waals surface area contributed by atoms with Crippen LogP contribution in [0.1, 0.15) is 36.0 Å². The first-order valence-corrected chi connectivity index (χ1v) is 7.33. The van der Waals surface area contributed by atoms with Crippen LogP contribution in [-0.4, -0.2) is 19.4 Å². The Morgan fingerprint density at radius 1 is 1.11 bits per heavy atom. The van der Waals surface area contributed by atoms with E-state index in [1.807, 2.05) is 0 Å². The molecular weight excluding hydrogens is 238 g/mol. The first-order chi connectivity index (χ1) is 9.31. The number of ether oxygens (including phenoxy) is 2. The molecule has 19 heavy (non-hydrogen) atoms. The van der Waals surface area contributed by atoms with Crippen LogP contribution in [0, 0.1) is 12.8 Å². The molecule has 0 amide bonds. The molecule has 0 spiro atoms. The van der Waals surface area contributed by atoms with Crippen LogP contribution in [0.25, 0.3) is 0 Å². The number of rotatable bonds is 2. The highest BCUT2D eigenvalue weighted by Gasteiger charge is 2.22. The van der Waals surface area contributed by atoms with E-state index in [-0.39, 0.29) is 6.29 Å². The van der Waals surface area contributed by atoms with Crippen molar-refractivity contribution in [2.24, 2.45) is 5.92 Å². The van der Waals surface area contributed by atoms with Crippen LogP contribution in [-0.2, 0) is 22.7 Å². The summed E-state index contributed by atoms with van der Waals surface area (Å²) < 4.78 is 11.9. The molecular formula is C16H23NO2. The Balaban J connectivity index is 1.59. The lowest BCUT2D eigenvalue weighted by molar-refractivity contribution is -0.159. The topological polar surface area (TPSA) is 30.5 Å². The molecule has 2 heterocycles. The normalized spacial score (nSPS) is 24.8. The van der Waals surface area contributed by atoms with Gasteiger partial charge in [-0.3, -0.25) is 0 Å². The number of aryl methyl sites for hydroxylation is 1. The van der Waals surface area contributed by atoms with Gasteiger partial charge in [-0.2, -0.15) is 0 Å². The van der Waals surface area contributed by atoms with E-state index in [9.17, 15) is 0 Å². The first-order valence-electron chi connectivity index (χ1n) is 7.33. The van der Waals surface area contributed by atoms with Crippen molar-refractivity contribution in [3.8, 4) is 0 Å². The van der Waals surface area contributed by atoms with Gasteiger partial charge in [0.1, 0.15) is 0 Å². The monoisotopic (exact) mass is 261 g/mol. The van der Waals surface area contributed by atoms with Gasteiger partial charge in [-0.05, 0) is 49.9 Å². The molecule has 1 saturated heterocycles. The van der Waals surface area contributed by atoms with E-state index < -0.39 is 0 Å². The molecule has 3 rings (SSSR count). The summed E-state index contributed by atoms with van der Waals surface area (Å²) in [5.41, 5.74) is 3.85. The lowest BCUT2D eigenvalue weighted by Gasteiger charge is -2.26. The summed E-state index contributed by atoms with van der Waals surface area (Å²) in [6, 6.07) is 6.53. The van der Waals surface area contributed by atoms with Crippen molar-refractivity contribution >= 4 is 0 Å². The second-order valence-corrected chi connectivity index (χ2v) is 5.75. The Labute approximate surface area is 115 Å². The third-order valence-corrected chi connectivity index (χ3v) is 4.20. The van der Waals surface area contributed by atoms with Crippen LogP contribution in [0.15, 0.2) is 18.2 Å². The summed E-state index contributed by atoms with van der Waals surface area (Å²) in [6.45, 7) is 5.77. The van der Waals surface area contributed by atoms with E-state index in [0.29, 0.717) is 13.2 Å². The van der Waals surface area contributed by atoms with Gasteiger partial charge in [-0.25, -0.2) is 0 Å². The SMILES string of the molecule is Cc1ccc2c(c1)COC(CC1CCNCC1)OC2. The molecule has 0 bridgehead atoms. The molecule has 1 N–H and O–H groups in total. The van der Waals surface area contributed by atoms with Gasteiger partial charge < -0.3 is 14.8 Å². The summed E-state index contributed by atoms with van der Waals surface area (Å²) in [7, 11) is 0. The zero-order valence-corrected chi connectivity index (χ0v) is 11.7. The van der Waals surface area contributed by atoms with Crippen LogP contribution in [0.4, 0.5) is 0 Å². The van der Waals surface area contributed by atoms with E-state index in [1.165, 1.54) is 29.5 Å². The number of hydrogen-bond donors (Lipinski definition) is 1. The minimum atomic E-state index is -0.0317. The molecule has 3 heteroatoms. The zero-order valence-electron chi connectivity index (χ0n) is 11.7. The van der Waals surface area contributed by atoms with E-state index >= 15 is 0 Å². The second-order valence-electron chi connectivity index (χ2n) is 5.75. The van der Waals surface area contributed by atoms with Crippen molar-refractivity contribution in [3.63, 3.8) is 0 Å². The third-order valence-electron chi connectivity index (χ3n) is 4.20. The van der Waals surface area contributed by atoms with Crippen LogP contribution < -0.4 is 5.32 Å². The Morgan fingerprint density at radius 3 is 2.63 bits per heavy atom. The summed E-state index contributed by atoms with van der Waals surface area (Å²) in [4.78, 5) is 0. The fraction of sp³-hybridized carbons (Fsp3) is 0.625. The fourth-order valence-electron chi connectivity index (χ4n) is 2.97. The van der Waals surface area contributed by atoms with Crippen molar-refractivity contribution in [3.05, 3.63) is 34.9 Å². The maximum atomic E-state index is 5.94. The Bertz CT molecular complexity index is 427. The summed E-state index contributed by atoms with van der Waals surface area (Å²) in [6.07, 6.45) is 3.50. The smallest absolute Gasteiger partial charge is 0.158 e. The van der Waals surface area contributed by atoms with Crippen LogP contribution in [0.5, 0.6) is 0 Å². The average molecular weight is 261 g/mol. The molecule has 2 aliphatic heterocycles. The summed E-state index contributed by atoms with van der Waals surface area (Å²) in [5.74, 6) is 0.745. The third kappa shape index (κ3) is 3.35. The van der Waals surface area contributed by atoms with Gasteiger partial charge in [-0.15, -0.1) is 0 Å². The second kappa shape index (κ2) is 6.04. The van der Waals surface area contributed by atoms with Gasteiger partial charge >= 0.3 is 0 Å². The van der Waals surface area contributed by atoms with Crippen molar-refractivity contribution in [2.75, 3.05) is 13.1 Å². The van der Waals surface area contributed by atoms with Crippen molar-refractivity contribution in [1.82, 2.24) is 5.32 Å². The fourth-order valence-corrected chi connectivity index (χ4v) is 2.97.